The van der Waals surface area contributed by atoms with Gasteiger partial charge in [-0.15, -0.1) is 0 Å². The van der Waals surface area contributed by atoms with E-state index < -0.39 is 0 Å². The van der Waals surface area contributed by atoms with Crippen molar-refractivity contribution in [3.8, 4) is 11.8 Å². The molecule has 112 valence electrons. The second-order valence-electron chi connectivity index (χ2n) is 5.45. The number of carbonyl (C=O) groups is 1. The molecule has 1 aromatic carbocycles. The molecule has 0 radical (unpaired) electrons. The standard InChI is InChI=1S/C17H23N3O/c1-13(19-17(21)20-16-9-2-3-10-16)15-8-4-6-14(12-15)7-5-11-18/h4,6,8,12-13,16H,2-3,9-11,18H2,1H3,(H2,19,20,21). The monoisotopic (exact) mass is 285 g/mol. The highest BCUT2D eigenvalue weighted by Crippen LogP contribution is 2.18. The summed E-state index contributed by atoms with van der Waals surface area (Å²) < 4.78 is 0. The van der Waals surface area contributed by atoms with Crippen molar-refractivity contribution in [1.29, 1.82) is 0 Å². The Kier molecular flexibility index (Phi) is 5.65. The molecule has 0 aliphatic heterocycles. The molecule has 21 heavy (non-hydrogen) atoms. The minimum Gasteiger partial charge on any atom is -0.335 e. The Bertz CT molecular complexity index is 538. The highest BCUT2D eigenvalue weighted by atomic mass is 16.2. The number of carbonyl (C=O) groups excluding carboxylic acids is 1. The topological polar surface area (TPSA) is 67.2 Å². The largest absolute Gasteiger partial charge is 0.335 e. The van der Waals surface area contributed by atoms with Gasteiger partial charge in [0.2, 0.25) is 0 Å². The maximum atomic E-state index is 12.0. The van der Waals surface area contributed by atoms with Crippen LogP contribution in [-0.4, -0.2) is 18.6 Å². The molecule has 0 spiro atoms. The number of amides is 2. The van der Waals surface area contributed by atoms with Crippen LogP contribution in [0.1, 0.15) is 49.8 Å². The zero-order valence-corrected chi connectivity index (χ0v) is 12.5. The van der Waals surface area contributed by atoms with Gasteiger partial charge >= 0.3 is 6.03 Å². The summed E-state index contributed by atoms with van der Waals surface area (Å²) in [6.07, 6.45) is 4.60. The lowest BCUT2D eigenvalue weighted by Crippen LogP contribution is -2.41. The van der Waals surface area contributed by atoms with Crippen molar-refractivity contribution in [3.05, 3.63) is 35.4 Å². The lowest BCUT2D eigenvalue weighted by Gasteiger charge is -2.18. The van der Waals surface area contributed by atoms with Crippen LogP contribution in [0.5, 0.6) is 0 Å². The molecule has 2 amide bonds. The van der Waals surface area contributed by atoms with E-state index in [1.165, 1.54) is 12.8 Å². The molecule has 0 saturated heterocycles. The van der Waals surface area contributed by atoms with Gasteiger partial charge in [-0.05, 0) is 37.5 Å². The van der Waals surface area contributed by atoms with E-state index in [9.17, 15) is 4.79 Å². The van der Waals surface area contributed by atoms with Crippen LogP contribution in [0.25, 0.3) is 0 Å². The van der Waals surface area contributed by atoms with E-state index in [1.54, 1.807) is 0 Å². The van der Waals surface area contributed by atoms with Crippen molar-refractivity contribution in [1.82, 2.24) is 10.6 Å². The molecule has 1 fully saturated rings. The number of urea groups is 1. The number of hydrogen-bond acceptors (Lipinski definition) is 2. The second-order valence-corrected chi connectivity index (χ2v) is 5.45. The van der Waals surface area contributed by atoms with E-state index in [2.05, 4.69) is 22.5 Å². The summed E-state index contributed by atoms with van der Waals surface area (Å²) in [5.41, 5.74) is 7.34. The van der Waals surface area contributed by atoms with Crippen LogP contribution >= 0.6 is 0 Å². The summed E-state index contributed by atoms with van der Waals surface area (Å²) in [6.45, 7) is 2.32. The van der Waals surface area contributed by atoms with Crippen molar-refractivity contribution < 1.29 is 4.79 Å². The quantitative estimate of drug-likeness (QED) is 0.746. The summed E-state index contributed by atoms with van der Waals surface area (Å²) >= 11 is 0. The van der Waals surface area contributed by atoms with Crippen LogP contribution in [-0.2, 0) is 0 Å². The molecule has 1 aliphatic carbocycles. The molecule has 0 bridgehead atoms. The zero-order valence-electron chi connectivity index (χ0n) is 12.5. The van der Waals surface area contributed by atoms with Crippen LogP contribution in [0.2, 0.25) is 0 Å². The minimum absolute atomic E-state index is 0.0500. The van der Waals surface area contributed by atoms with E-state index in [0.717, 1.165) is 24.0 Å². The van der Waals surface area contributed by atoms with Crippen molar-refractivity contribution in [2.24, 2.45) is 5.73 Å². The predicted octanol–water partition coefficient (Wildman–Crippen LogP) is 2.30. The van der Waals surface area contributed by atoms with Crippen molar-refractivity contribution in [2.45, 2.75) is 44.7 Å². The fraction of sp³-hybridized carbons (Fsp3) is 0.471. The third-order valence-corrected chi connectivity index (χ3v) is 3.76. The van der Waals surface area contributed by atoms with E-state index in [4.69, 9.17) is 5.73 Å². The summed E-state index contributed by atoms with van der Waals surface area (Å²) in [5, 5.41) is 6.02. The van der Waals surface area contributed by atoms with Gasteiger partial charge in [-0.1, -0.05) is 36.8 Å². The molecule has 1 saturated carbocycles. The smallest absolute Gasteiger partial charge is 0.315 e. The van der Waals surface area contributed by atoms with E-state index in [1.807, 2.05) is 31.2 Å². The maximum Gasteiger partial charge on any atom is 0.315 e. The molecule has 4 N–H and O–H groups in total. The zero-order chi connectivity index (χ0) is 15.1. The minimum atomic E-state index is -0.0900. The number of hydrogen-bond donors (Lipinski definition) is 3. The number of nitrogens with one attached hydrogen (secondary N) is 2. The summed E-state index contributed by atoms with van der Waals surface area (Å²) in [5.74, 6) is 5.85. The van der Waals surface area contributed by atoms with Gasteiger partial charge < -0.3 is 16.4 Å². The molecule has 1 unspecified atom stereocenters. The first kappa shape index (κ1) is 15.4. The fourth-order valence-electron chi connectivity index (χ4n) is 2.62. The van der Waals surface area contributed by atoms with Gasteiger partial charge in [0, 0.05) is 11.6 Å². The highest BCUT2D eigenvalue weighted by Gasteiger charge is 2.18. The van der Waals surface area contributed by atoms with Gasteiger partial charge in [0.05, 0.1) is 12.6 Å². The lowest BCUT2D eigenvalue weighted by molar-refractivity contribution is 0.234. The number of nitrogens with two attached hydrogens (primary N) is 1. The molecular weight excluding hydrogens is 262 g/mol. The average molecular weight is 285 g/mol. The summed E-state index contributed by atoms with van der Waals surface area (Å²) in [4.78, 5) is 12.0. The Morgan fingerprint density at radius 2 is 2.19 bits per heavy atom. The first-order valence-electron chi connectivity index (χ1n) is 7.55. The first-order chi connectivity index (χ1) is 10.2. The molecule has 4 heteroatoms. The van der Waals surface area contributed by atoms with Gasteiger partial charge in [-0.2, -0.15) is 0 Å². The fourth-order valence-corrected chi connectivity index (χ4v) is 2.62. The Morgan fingerprint density at radius 1 is 1.43 bits per heavy atom. The van der Waals surface area contributed by atoms with Gasteiger partial charge in [0.1, 0.15) is 0 Å². The number of benzene rings is 1. The van der Waals surface area contributed by atoms with Crippen molar-refractivity contribution in [3.63, 3.8) is 0 Å². The molecule has 1 aliphatic rings. The molecule has 4 nitrogen and oxygen atoms in total. The van der Waals surface area contributed by atoms with Gasteiger partial charge in [0.15, 0.2) is 0 Å². The second kappa shape index (κ2) is 7.70. The third-order valence-electron chi connectivity index (χ3n) is 3.76. The summed E-state index contributed by atoms with van der Waals surface area (Å²) in [7, 11) is 0. The average Bonchev–Trinajstić information content (AvgIpc) is 2.98. The van der Waals surface area contributed by atoms with Crippen LogP contribution in [0.4, 0.5) is 4.79 Å². The lowest BCUT2D eigenvalue weighted by atomic mass is 10.1. The Hall–Kier alpha value is -1.99. The third kappa shape index (κ3) is 4.80. The van der Waals surface area contributed by atoms with Gasteiger partial charge in [-0.3, -0.25) is 0 Å². The normalized spacial score (nSPS) is 15.9. The van der Waals surface area contributed by atoms with Gasteiger partial charge in [0.25, 0.3) is 0 Å². The van der Waals surface area contributed by atoms with Crippen LogP contribution < -0.4 is 16.4 Å². The SMILES string of the molecule is CC(NC(=O)NC1CCCC1)c1cccc(C#CCN)c1. The van der Waals surface area contributed by atoms with Crippen LogP contribution in [0, 0.1) is 11.8 Å². The van der Waals surface area contributed by atoms with Crippen molar-refractivity contribution >= 4 is 6.03 Å². The van der Waals surface area contributed by atoms with Crippen LogP contribution in [0.3, 0.4) is 0 Å². The number of rotatable bonds is 3. The molecule has 1 aromatic rings. The maximum absolute atomic E-state index is 12.0. The molecule has 1 atom stereocenters. The van der Waals surface area contributed by atoms with Gasteiger partial charge in [-0.25, -0.2) is 4.79 Å². The Labute approximate surface area is 126 Å². The van der Waals surface area contributed by atoms with E-state index in [0.29, 0.717) is 12.6 Å². The summed E-state index contributed by atoms with van der Waals surface area (Å²) in [6, 6.07) is 8.07. The predicted molar refractivity (Wildman–Crippen MR) is 84.7 cm³/mol. The first-order valence-corrected chi connectivity index (χ1v) is 7.55. The van der Waals surface area contributed by atoms with Crippen LogP contribution in [0.15, 0.2) is 24.3 Å². The van der Waals surface area contributed by atoms with Crippen molar-refractivity contribution in [2.75, 3.05) is 6.54 Å². The van der Waals surface area contributed by atoms with E-state index >= 15 is 0 Å². The molecular formula is C17H23N3O. The molecule has 0 heterocycles. The molecule has 2 rings (SSSR count). The Balaban J connectivity index is 1.92. The van der Waals surface area contributed by atoms with E-state index in [-0.39, 0.29) is 12.1 Å². The molecule has 0 aromatic heterocycles. The Morgan fingerprint density at radius 3 is 2.90 bits per heavy atom. The highest BCUT2D eigenvalue weighted by molar-refractivity contribution is 5.74.